The molecule has 0 unspecified atom stereocenters. The molecule has 90 valence electrons. The molecule has 0 aromatic heterocycles. The summed E-state index contributed by atoms with van der Waals surface area (Å²) in [5.74, 6) is 0.753. The molecule has 0 aliphatic heterocycles. The Labute approximate surface area is 99.5 Å². The maximum Gasteiger partial charge on any atom is 0.0575 e. The molecule has 16 heavy (non-hydrogen) atoms. The van der Waals surface area contributed by atoms with Gasteiger partial charge in [0.25, 0.3) is 0 Å². The number of para-hydroxylation sites is 2. The van der Waals surface area contributed by atoms with E-state index in [0.29, 0.717) is 0 Å². The van der Waals surface area contributed by atoms with E-state index in [2.05, 4.69) is 55.7 Å². The summed E-state index contributed by atoms with van der Waals surface area (Å²) in [4.78, 5) is 0. The first-order chi connectivity index (χ1) is 7.74. The predicted octanol–water partition coefficient (Wildman–Crippen LogP) is 3.97. The van der Waals surface area contributed by atoms with Crippen LogP contribution in [-0.4, -0.2) is 13.1 Å². The van der Waals surface area contributed by atoms with E-state index in [1.54, 1.807) is 0 Å². The van der Waals surface area contributed by atoms with Gasteiger partial charge in [-0.15, -0.1) is 0 Å². The van der Waals surface area contributed by atoms with E-state index < -0.39 is 0 Å². The Morgan fingerprint density at radius 2 is 1.56 bits per heavy atom. The summed E-state index contributed by atoms with van der Waals surface area (Å²) in [6, 6.07) is 8.42. The first-order valence-corrected chi connectivity index (χ1v) is 6.30. The largest absolute Gasteiger partial charge is 0.383 e. The molecule has 2 N–H and O–H groups in total. The lowest BCUT2D eigenvalue weighted by Gasteiger charge is -2.14. The lowest BCUT2D eigenvalue weighted by molar-refractivity contribution is 0.607. The summed E-state index contributed by atoms with van der Waals surface area (Å²) < 4.78 is 0. The number of nitrogens with one attached hydrogen (secondary N) is 2. The minimum atomic E-state index is 0.753. The Morgan fingerprint density at radius 1 is 1.00 bits per heavy atom. The summed E-state index contributed by atoms with van der Waals surface area (Å²) in [7, 11) is 0. The molecule has 0 spiro atoms. The Morgan fingerprint density at radius 3 is 2.06 bits per heavy atom. The van der Waals surface area contributed by atoms with Crippen LogP contribution < -0.4 is 10.6 Å². The van der Waals surface area contributed by atoms with Crippen molar-refractivity contribution in [3.05, 3.63) is 24.3 Å². The molecule has 0 bridgehead atoms. The molecule has 0 saturated carbocycles. The van der Waals surface area contributed by atoms with Gasteiger partial charge in [0, 0.05) is 13.1 Å². The van der Waals surface area contributed by atoms with Crippen LogP contribution in [0.25, 0.3) is 0 Å². The molecule has 0 atom stereocenters. The fourth-order valence-electron chi connectivity index (χ4n) is 1.55. The molecule has 1 rings (SSSR count). The van der Waals surface area contributed by atoms with Crippen molar-refractivity contribution in [3.8, 4) is 0 Å². The lowest BCUT2D eigenvalue weighted by Crippen LogP contribution is -2.08. The van der Waals surface area contributed by atoms with Crippen molar-refractivity contribution in [1.82, 2.24) is 0 Å². The average molecular weight is 220 g/mol. The van der Waals surface area contributed by atoms with Crippen molar-refractivity contribution in [3.63, 3.8) is 0 Å². The molecular formula is C14H24N2. The van der Waals surface area contributed by atoms with E-state index >= 15 is 0 Å². The summed E-state index contributed by atoms with van der Waals surface area (Å²) >= 11 is 0. The standard InChI is InChI=1S/C14H24N2/c1-4-10-15-13-7-5-6-8-14(13)16-11-9-12(2)3/h5-8,12,15-16H,4,9-11H2,1-3H3. The number of rotatable bonds is 7. The second-order valence-electron chi connectivity index (χ2n) is 4.58. The van der Waals surface area contributed by atoms with Crippen LogP contribution in [0, 0.1) is 5.92 Å². The molecule has 1 aromatic carbocycles. The lowest BCUT2D eigenvalue weighted by atomic mass is 10.1. The van der Waals surface area contributed by atoms with Gasteiger partial charge in [0.05, 0.1) is 11.4 Å². The first kappa shape index (κ1) is 12.9. The van der Waals surface area contributed by atoms with Gasteiger partial charge in [-0.2, -0.15) is 0 Å². The van der Waals surface area contributed by atoms with E-state index in [1.807, 2.05) is 0 Å². The highest BCUT2D eigenvalue weighted by atomic mass is 14.9. The van der Waals surface area contributed by atoms with E-state index in [9.17, 15) is 0 Å². The molecule has 2 heteroatoms. The zero-order chi connectivity index (χ0) is 11.8. The minimum Gasteiger partial charge on any atom is -0.383 e. The maximum absolute atomic E-state index is 3.49. The van der Waals surface area contributed by atoms with Gasteiger partial charge in [-0.1, -0.05) is 32.9 Å². The number of anilines is 2. The van der Waals surface area contributed by atoms with Crippen LogP contribution in [-0.2, 0) is 0 Å². The molecule has 0 aliphatic rings. The molecular weight excluding hydrogens is 196 g/mol. The van der Waals surface area contributed by atoms with Crippen molar-refractivity contribution in [2.45, 2.75) is 33.6 Å². The Kier molecular flexibility index (Phi) is 5.76. The Bertz CT molecular complexity index is 295. The molecule has 0 aliphatic carbocycles. The molecule has 0 radical (unpaired) electrons. The van der Waals surface area contributed by atoms with Crippen molar-refractivity contribution in [2.24, 2.45) is 5.92 Å². The highest BCUT2D eigenvalue weighted by molar-refractivity contribution is 5.68. The van der Waals surface area contributed by atoms with Crippen molar-refractivity contribution < 1.29 is 0 Å². The van der Waals surface area contributed by atoms with Crippen molar-refractivity contribution >= 4 is 11.4 Å². The van der Waals surface area contributed by atoms with Gasteiger partial charge >= 0.3 is 0 Å². The number of hydrogen-bond acceptors (Lipinski definition) is 2. The third-order valence-electron chi connectivity index (χ3n) is 2.53. The maximum atomic E-state index is 3.49. The molecule has 1 aromatic rings. The summed E-state index contributed by atoms with van der Waals surface area (Å²) in [5.41, 5.74) is 2.43. The van der Waals surface area contributed by atoms with Crippen LogP contribution in [0.4, 0.5) is 11.4 Å². The van der Waals surface area contributed by atoms with Gasteiger partial charge in [-0.25, -0.2) is 0 Å². The van der Waals surface area contributed by atoms with E-state index in [4.69, 9.17) is 0 Å². The fraction of sp³-hybridized carbons (Fsp3) is 0.571. The van der Waals surface area contributed by atoms with Crippen LogP contribution in [0.15, 0.2) is 24.3 Å². The van der Waals surface area contributed by atoms with Crippen LogP contribution in [0.3, 0.4) is 0 Å². The molecule has 0 saturated heterocycles. The highest BCUT2D eigenvalue weighted by Gasteiger charge is 2.00. The van der Waals surface area contributed by atoms with Crippen LogP contribution in [0.5, 0.6) is 0 Å². The SMILES string of the molecule is CCCNc1ccccc1NCCC(C)C. The third-order valence-corrected chi connectivity index (χ3v) is 2.53. The zero-order valence-corrected chi connectivity index (χ0v) is 10.7. The Balaban J connectivity index is 2.49. The second-order valence-corrected chi connectivity index (χ2v) is 4.58. The van der Waals surface area contributed by atoms with Gasteiger partial charge in [0.2, 0.25) is 0 Å². The molecule has 0 fully saturated rings. The number of hydrogen-bond donors (Lipinski definition) is 2. The van der Waals surface area contributed by atoms with Crippen molar-refractivity contribution in [1.29, 1.82) is 0 Å². The highest BCUT2D eigenvalue weighted by Crippen LogP contribution is 2.20. The van der Waals surface area contributed by atoms with Crippen LogP contribution in [0.1, 0.15) is 33.6 Å². The quantitative estimate of drug-likeness (QED) is 0.726. The normalized spacial score (nSPS) is 10.5. The average Bonchev–Trinajstić information content (AvgIpc) is 2.27. The first-order valence-electron chi connectivity index (χ1n) is 6.30. The number of benzene rings is 1. The van der Waals surface area contributed by atoms with E-state index in [1.165, 1.54) is 17.8 Å². The van der Waals surface area contributed by atoms with Crippen molar-refractivity contribution in [2.75, 3.05) is 23.7 Å². The van der Waals surface area contributed by atoms with Gasteiger partial charge in [0.1, 0.15) is 0 Å². The van der Waals surface area contributed by atoms with E-state index in [-0.39, 0.29) is 0 Å². The molecule has 0 heterocycles. The summed E-state index contributed by atoms with van der Waals surface area (Å²) in [6.45, 7) is 8.76. The zero-order valence-electron chi connectivity index (χ0n) is 10.7. The third kappa shape index (κ3) is 4.56. The minimum absolute atomic E-state index is 0.753. The summed E-state index contributed by atoms with van der Waals surface area (Å²) in [5, 5.41) is 6.93. The molecule has 0 amide bonds. The summed E-state index contributed by atoms with van der Waals surface area (Å²) in [6.07, 6.45) is 2.36. The van der Waals surface area contributed by atoms with Gasteiger partial charge in [-0.05, 0) is 30.9 Å². The monoisotopic (exact) mass is 220 g/mol. The van der Waals surface area contributed by atoms with Gasteiger partial charge in [-0.3, -0.25) is 0 Å². The Hall–Kier alpha value is -1.18. The predicted molar refractivity (Wildman–Crippen MR) is 73.2 cm³/mol. The van der Waals surface area contributed by atoms with E-state index in [0.717, 1.165) is 25.4 Å². The fourth-order valence-corrected chi connectivity index (χ4v) is 1.55. The van der Waals surface area contributed by atoms with Crippen LogP contribution in [0.2, 0.25) is 0 Å². The smallest absolute Gasteiger partial charge is 0.0575 e. The van der Waals surface area contributed by atoms with Crippen LogP contribution >= 0.6 is 0 Å². The van der Waals surface area contributed by atoms with Gasteiger partial charge < -0.3 is 10.6 Å². The molecule has 2 nitrogen and oxygen atoms in total. The second kappa shape index (κ2) is 7.15. The van der Waals surface area contributed by atoms with Gasteiger partial charge in [0.15, 0.2) is 0 Å². The topological polar surface area (TPSA) is 24.1 Å².